The molecule has 2 rings (SSSR count). The molecule has 0 aliphatic rings. The maximum atomic E-state index is 11.0. The van der Waals surface area contributed by atoms with E-state index in [9.17, 15) is 10.1 Å². The first-order chi connectivity index (χ1) is 9.47. The molecule has 20 heavy (non-hydrogen) atoms. The van der Waals surface area contributed by atoms with Gasteiger partial charge in [-0.05, 0) is 43.2 Å². The molecule has 0 bridgehead atoms. The van der Waals surface area contributed by atoms with Crippen LogP contribution in [0, 0.1) is 17.0 Å². The molecule has 2 N–H and O–H groups in total. The minimum Gasteiger partial charge on any atom is -0.450 e. The quantitative estimate of drug-likeness (QED) is 0.679. The first kappa shape index (κ1) is 14.0. The smallest absolute Gasteiger partial charge is 0.311 e. The number of ether oxygens (including phenoxy) is 1. The highest BCUT2D eigenvalue weighted by atomic mass is 16.6. The lowest BCUT2D eigenvalue weighted by molar-refractivity contribution is -0.385. The Balaban J connectivity index is 2.36. The van der Waals surface area contributed by atoms with E-state index >= 15 is 0 Å². The molecule has 0 heterocycles. The summed E-state index contributed by atoms with van der Waals surface area (Å²) in [6.45, 7) is 3.73. The fourth-order valence-corrected chi connectivity index (χ4v) is 1.84. The largest absolute Gasteiger partial charge is 0.450 e. The molecule has 104 valence electrons. The summed E-state index contributed by atoms with van der Waals surface area (Å²) in [4.78, 5) is 10.5. The van der Waals surface area contributed by atoms with Crippen LogP contribution in [0.5, 0.6) is 11.5 Å². The predicted molar refractivity (Wildman–Crippen MR) is 77.0 cm³/mol. The molecule has 0 fully saturated rings. The van der Waals surface area contributed by atoms with E-state index in [0.717, 1.165) is 11.1 Å². The Labute approximate surface area is 117 Å². The van der Waals surface area contributed by atoms with Crippen molar-refractivity contribution in [2.24, 2.45) is 5.73 Å². The summed E-state index contributed by atoms with van der Waals surface area (Å²) in [5.41, 5.74) is 7.57. The van der Waals surface area contributed by atoms with Crippen LogP contribution in [0.15, 0.2) is 42.5 Å². The highest BCUT2D eigenvalue weighted by Gasteiger charge is 2.15. The normalized spacial score (nSPS) is 11.9. The van der Waals surface area contributed by atoms with Gasteiger partial charge in [0.1, 0.15) is 5.75 Å². The van der Waals surface area contributed by atoms with Gasteiger partial charge in [-0.25, -0.2) is 0 Å². The molecular weight excluding hydrogens is 256 g/mol. The molecular formula is C15H16N2O3. The number of nitrogens with two attached hydrogens (primary N) is 1. The fraction of sp³-hybridized carbons (Fsp3) is 0.200. The molecule has 0 aliphatic carbocycles. The van der Waals surface area contributed by atoms with Gasteiger partial charge < -0.3 is 10.5 Å². The molecule has 0 radical (unpaired) electrons. The Kier molecular flexibility index (Phi) is 4.00. The van der Waals surface area contributed by atoms with Crippen molar-refractivity contribution >= 4 is 5.69 Å². The highest BCUT2D eigenvalue weighted by molar-refractivity contribution is 5.50. The zero-order chi connectivity index (χ0) is 14.7. The minimum atomic E-state index is -0.454. The fourth-order valence-electron chi connectivity index (χ4n) is 1.84. The predicted octanol–water partition coefficient (Wildman–Crippen LogP) is 3.72. The van der Waals surface area contributed by atoms with Gasteiger partial charge in [-0.3, -0.25) is 10.1 Å². The lowest BCUT2D eigenvalue weighted by Crippen LogP contribution is -2.04. The molecule has 5 heteroatoms. The van der Waals surface area contributed by atoms with E-state index in [1.807, 2.05) is 26.0 Å². The van der Waals surface area contributed by atoms with Crippen LogP contribution >= 0.6 is 0 Å². The SMILES string of the molecule is Cc1ccc([N+](=O)[O-])c(Oc2cccc(C(C)N)c2)c1. The van der Waals surface area contributed by atoms with Crippen molar-refractivity contribution in [3.63, 3.8) is 0 Å². The average Bonchev–Trinajstić information content (AvgIpc) is 2.38. The van der Waals surface area contributed by atoms with Crippen molar-refractivity contribution in [2.75, 3.05) is 0 Å². The zero-order valence-electron chi connectivity index (χ0n) is 11.4. The number of rotatable bonds is 4. The molecule has 0 spiro atoms. The Bertz CT molecular complexity index is 639. The summed E-state index contributed by atoms with van der Waals surface area (Å²) in [6, 6.07) is 11.9. The molecule has 0 saturated carbocycles. The van der Waals surface area contributed by atoms with E-state index in [2.05, 4.69) is 0 Å². The standard InChI is InChI=1S/C15H16N2O3/c1-10-6-7-14(17(18)19)15(8-10)20-13-5-3-4-12(9-13)11(2)16/h3-9,11H,16H2,1-2H3. The van der Waals surface area contributed by atoms with E-state index in [-0.39, 0.29) is 17.5 Å². The summed E-state index contributed by atoms with van der Waals surface area (Å²) in [5, 5.41) is 11.0. The van der Waals surface area contributed by atoms with Crippen LogP contribution < -0.4 is 10.5 Å². The summed E-state index contributed by atoms with van der Waals surface area (Å²) >= 11 is 0. The van der Waals surface area contributed by atoms with Gasteiger partial charge in [0, 0.05) is 12.1 Å². The van der Waals surface area contributed by atoms with Crippen molar-refractivity contribution in [3.05, 3.63) is 63.7 Å². The van der Waals surface area contributed by atoms with E-state index in [1.54, 1.807) is 24.3 Å². The van der Waals surface area contributed by atoms with Gasteiger partial charge in [-0.1, -0.05) is 18.2 Å². The van der Waals surface area contributed by atoms with Crippen LogP contribution in [-0.2, 0) is 0 Å². The second-order valence-corrected chi connectivity index (χ2v) is 4.69. The number of aryl methyl sites for hydroxylation is 1. The Morgan fingerprint density at radius 2 is 2.00 bits per heavy atom. The van der Waals surface area contributed by atoms with Crippen molar-refractivity contribution in [3.8, 4) is 11.5 Å². The molecule has 0 saturated heterocycles. The molecule has 2 aromatic rings. The van der Waals surface area contributed by atoms with E-state index in [0.29, 0.717) is 5.75 Å². The monoisotopic (exact) mass is 272 g/mol. The highest BCUT2D eigenvalue weighted by Crippen LogP contribution is 2.32. The number of nitrogens with zero attached hydrogens (tertiary/aromatic N) is 1. The summed E-state index contributed by atoms with van der Waals surface area (Å²) in [5.74, 6) is 0.769. The van der Waals surface area contributed by atoms with Crippen molar-refractivity contribution < 1.29 is 9.66 Å². The van der Waals surface area contributed by atoms with Crippen molar-refractivity contribution in [1.29, 1.82) is 0 Å². The van der Waals surface area contributed by atoms with Crippen LogP contribution in [0.3, 0.4) is 0 Å². The van der Waals surface area contributed by atoms with Gasteiger partial charge in [0.25, 0.3) is 0 Å². The molecule has 1 unspecified atom stereocenters. The Hall–Kier alpha value is -2.40. The second kappa shape index (κ2) is 5.71. The Morgan fingerprint density at radius 1 is 1.25 bits per heavy atom. The number of nitro benzene ring substituents is 1. The molecule has 0 amide bonds. The number of nitro groups is 1. The van der Waals surface area contributed by atoms with Crippen molar-refractivity contribution in [2.45, 2.75) is 19.9 Å². The van der Waals surface area contributed by atoms with Gasteiger partial charge in [0.05, 0.1) is 4.92 Å². The summed E-state index contributed by atoms with van der Waals surface area (Å²) < 4.78 is 5.65. The van der Waals surface area contributed by atoms with Gasteiger partial charge >= 0.3 is 5.69 Å². The second-order valence-electron chi connectivity index (χ2n) is 4.69. The molecule has 0 aromatic heterocycles. The Morgan fingerprint density at radius 3 is 2.65 bits per heavy atom. The number of benzene rings is 2. The van der Waals surface area contributed by atoms with Gasteiger partial charge in [-0.15, -0.1) is 0 Å². The van der Waals surface area contributed by atoms with Crippen molar-refractivity contribution in [1.82, 2.24) is 0 Å². The van der Waals surface area contributed by atoms with Crippen LogP contribution in [0.2, 0.25) is 0 Å². The molecule has 1 atom stereocenters. The first-order valence-electron chi connectivity index (χ1n) is 6.26. The third kappa shape index (κ3) is 3.13. The molecule has 2 aromatic carbocycles. The molecule has 5 nitrogen and oxygen atoms in total. The lowest BCUT2D eigenvalue weighted by Gasteiger charge is -2.10. The van der Waals surface area contributed by atoms with Crippen LogP contribution in [0.4, 0.5) is 5.69 Å². The van der Waals surface area contributed by atoms with Crippen LogP contribution in [-0.4, -0.2) is 4.92 Å². The van der Waals surface area contributed by atoms with E-state index in [4.69, 9.17) is 10.5 Å². The average molecular weight is 272 g/mol. The van der Waals surface area contributed by atoms with Gasteiger partial charge in [0.15, 0.2) is 0 Å². The maximum Gasteiger partial charge on any atom is 0.311 e. The van der Waals surface area contributed by atoms with Crippen LogP contribution in [0.25, 0.3) is 0 Å². The number of hydrogen-bond acceptors (Lipinski definition) is 4. The van der Waals surface area contributed by atoms with Gasteiger partial charge in [0.2, 0.25) is 5.75 Å². The summed E-state index contributed by atoms with van der Waals surface area (Å²) in [7, 11) is 0. The lowest BCUT2D eigenvalue weighted by atomic mass is 10.1. The minimum absolute atomic E-state index is 0.0539. The first-order valence-corrected chi connectivity index (χ1v) is 6.26. The summed E-state index contributed by atoms with van der Waals surface area (Å²) in [6.07, 6.45) is 0. The zero-order valence-corrected chi connectivity index (χ0v) is 11.4. The topological polar surface area (TPSA) is 78.4 Å². The third-order valence-electron chi connectivity index (χ3n) is 2.92. The van der Waals surface area contributed by atoms with Gasteiger partial charge in [-0.2, -0.15) is 0 Å². The van der Waals surface area contributed by atoms with Crippen LogP contribution in [0.1, 0.15) is 24.1 Å². The third-order valence-corrected chi connectivity index (χ3v) is 2.92. The number of hydrogen-bond donors (Lipinski definition) is 1. The van der Waals surface area contributed by atoms with E-state index in [1.165, 1.54) is 6.07 Å². The molecule has 0 aliphatic heterocycles. The maximum absolute atomic E-state index is 11.0. The van der Waals surface area contributed by atoms with E-state index < -0.39 is 4.92 Å².